The van der Waals surface area contributed by atoms with Gasteiger partial charge in [0.2, 0.25) is 0 Å². The van der Waals surface area contributed by atoms with Crippen LogP contribution in [0, 0.1) is 13.8 Å². The molecule has 0 aliphatic heterocycles. The summed E-state index contributed by atoms with van der Waals surface area (Å²) in [5, 5.41) is 4.44. The highest BCUT2D eigenvalue weighted by atomic mass is 79.9. The van der Waals surface area contributed by atoms with E-state index in [1.165, 1.54) is 0 Å². The molecule has 16 heavy (non-hydrogen) atoms. The average molecular weight is 300 g/mol. The summed E-state index contributed by atoms with van der Waals surface area (Å²) >= 11 is 9.32. The average Bonchev–Trinajstić information content (AvgIpc) is 2.58. The van der Waals surface area contributed by atoms with Gasteiger partial charge >= 0.3 is 0 Å². The van der Waals surface area contributed by atoms with E-state index in [1.54, 1.807) is 0 Å². The predicted molar refractivity (Wildman–Crippen MR) is 70.3 cm³/mol. The Bertz CT molecular complexity index is 520. The van der Waals surface area contributed by atoms with Gasteiger partial charge in [0.05, 0.1) is 11.4 Å². The minimum atomic E-state index is 0.512. The van der Waals surface area contributed by atoms with Crippen LogP contribution >= 0.6 is 27.5 Å². The summed E-state index contributed by atoms with van der Waals surface area (Å²) in [6.45, 7) is 4.04. The summed E-state index contributed by atoms with van der Waals surface area (Å²) in [7, 11) is 0. The van der Waals surface area contributed by atoms with Gasteiger partial charge in [-0.15, -0.1) is 11.6 Å². The first kappa shape index (κ1) is 11.7. The predicted octanol–water partition coefficient (Wildman–Crippen LogP) is 3.99. The molecule has 2 rings (SSSR count). The van der Waals surface area contributed by atoms with Gasteiger partial charge in [-0.05, 0) is 37.6 Å². The second kappa shape index (κ2) is 4.60. The van der Waals surface area contributed by atoms with E-state index in [2.05, 4.69) is 27.1 Å². The first-order valence-electron chi connectivity index (χ1n) is 5.00. The second-order valence-electron chi connectivity index (χ2n) is 3.75. The van der Waals surface area contributed by atoms with Crippen LogP contribution < -0.4 is 0 Å². The van der Waals surface area contributed by atoms with Crippen LogP contribution in [0.5, 0.6) is 0 Å². The van der Waals surface area contributed by atoms with Gasteiger partial charge in [-0.2, -0.15) is 5.10 Å². The van der Waals surface area contributed by atoms with Crippen molar-refractivity contribution in [2.24, 2.45) is 0 Å². The fourth-order valence-electron chi connectivity index (χ4n) is 1.67. The highest BCUT2D eigenvalue weighted by Gasteiger charge is 2.06. The van der Waals surface area contributed by atoms with Gasteiger partial charge in [-0.1, -0.05) is 22.0 Å². The van der Waals surface area contributed by atoms with Crippen molar-refractivity contribution in [3.63, 3.8) is 0 Å². The third-order valence-electron chi connectivity index (χ3n) is 2.43. The van der Waals surface area contributed by atoms with Gasteiger partial charge in [-0.3, -0.25) is 0 Å². The van der Waals surface area contributed by atoms with E-state index in [-0.39, 0.29) is 0 Å². The maximum atomic E-state index is 5.81. The monoisotopic (exact) mass is 298 g/mol. The molecule has 0 spiro atoms. The van der Waals surface area contributed by atoms with Gasteiger partial charge in [-0.25, -0.2) is 4.68 Å². The summed E-state index contributed by atoms with van der Waals surface area (Å²) in [5.74, 6) is 0.512. The van der Waals surface area contributed by atoms with Crippen LogP contribution in [0.25, 0.3) is 5.69 Å². The van der Waals surface area contributed by atoms with Crippen molar-refractivity contribution < 1.29 is 0 Å². The fraction of sp³-hybridized carbons (Fsp3) is 0.250. The van der Waals surface area contributed by atoms with E-state index >= 15 is 0 Å². The molecular formula is C12H12BrClN2. The van der Waals surface area contributed by atoms with E-state index in [4.69, 9.17) is 11.6 Å². The third-order valence-corrected chi connectivity index (χ3v) is 3.46. The van der Waals surface area contributed by atoms with Gasteiger partial charge in [0.25, 0.3) is 0 Å². The lowest BCUT2D eigenvalue weighted by Gasteiger charge is -2.07. The molecule has 84 valence electrons. The third kappa shape index (κ3) is 2.15. The van der Waals surface area contributed by atoms with Gasteiger partial charge in [0, 0.05) is 16.0 Å². The normalized spacial score (nSPS) is 10.8. The molecule has 0 bridgehead atoms. The first-order valence-corrected chi connectivity index (χ1v) is 6.32. The molecule has 0 aliphatic carbocycles. The van der Waals surface area contributed by atoms with E-state index in [9.17, 15) is 0 Å². The van der Waals surface area contributed by atoms with Gasteiger partial charge < -0.3 is 0 Å². The van der Waals surface area contributed by atoms with Crippen molar-refractivity contribution in [3.05, 3.63) is 45.7 Å². The first-order chi connectivity index (χ1) is 7.61. The van der Waals surface area contributed by atoms with Crippen molar-refractivity contribution in [3.8, 4) is 5.69 Å². The Labute approximate surface area is 108 Å². The Kier molecular flexibility index (Phi) is 3.36. The van der Waals surface area contributed by atoms with Crippen molar-refractivity contribution in [2.45, 2.75) is 19.7 Å². The van der Waals surface area contributed by atoms with Crippen LogP contribution in [0.3, 0.4) is 0 Å². The summed E-state index contributed by atoms with van der Waals surface area (Å²) < 4.78 is 2.95. The van der Waals surface area contributed by atoms with Crippen LogP contribution in [0.15, 0.2) is 28.7 Å². The zero-order chi connectivity index (χ0) is 11.7. The lowest BCUT2D eigenvalue weighted by molar-refractivity contribution is 0.832. The second-order valence-corrected chi connectivity index (χ2v) is 4.87. The molecule has 0 aliphatic rings. The number of benzene rings is 1. The Morgan fingerprint density at radius 1 is 1.31 bits per heavy atom. The van der Waals surface area contributed by atoms with Crippen LogP contribution in [-0.4, -0.2) is 9.78 Å². The lowest BCUT2D eigenvalue weighted by atomic mass is 10.2. The molecule has 0 saturated carbocycles. The molecular weight excluding hydrogens is 288 g/mol. The molecule has 0 N–H and O–H groups in total. The molecule has 1 aromatic heterocycles. The van der Waals surface area contributed by atoms with Crippen molar-refractivity contribution in [1.82, 2.24) is 9.78 Å². The molecule has 2 aromatic rings. The van der Waals surface area contributed by atoms with Gasteiger partial charge in [0.15, 0.2) is 0 Å². The number of aryl methyl sites for hydroxylation is 2. The maximum absolute atomic E-state index is 5.81. The number of nitrogens with zero attached hydrogens (tertiary/aromatic N) is 2. The SMILES string of the molecule is Cc1cc(C)n(-c2ccc(CCl)c(Br)c2)n1. The maximum Gasteiger partial charge on any atom is 0.0660 e. The fourth-order valence-corrected chi connectivity index (χ4v) is 2.57. The van der Waals surface area contributed by atoms with Crippen LogP contribution in [0.4, 0.5) is 0 Å². The molecule has 0 atom stereocenters. The molecule has 2 nitrogen and oxygen atoms in total. The number of hydrogen-bond acceptors (Lipinski definition) is 1. The zero-order valence-electron chi connectivity index (χ0n) is 9.17. The number of hydrogen-bond donors (Lipinski definition) is 0. The van der Waals surface area contributed by atoms with Crippen molar-refractivity contribution >= 4 is 27.5 Å². The summed E-state index contributed by atoms with van der Waals surface area (Å²) in [6.07, 6.45) is 0. The smallest absolute Gasteiger partial charge is 0.0660 e. The Morgan fingerprint density at radius 3 is 2.56 bits per heavy atom. The minimum Gasteiger partial charge on any atom is -0.238 e. The van der Waals surface area contributed by atoms with Crippen LogP contribution in [0.2, 0.25) is 0 Å². The largest absolute Gasteiger partial charge is 0.238 e. The van der Waals surface area contributed by atoms with E-state index < -0.39 is 0 Å². The van der Waals surface area contributed by atoms with Crippen molar-refractivity contribution in [2.75, 3.05) is 0 Å². The highest BCUT2D eigenvalue weighted by molar-refractivity contribution is 9.10. The summed E-state index contributed by atoms with van der Waals surface area (Å²) in [5.41, 5.74) is 4.29. The lowest BCUT2D eigenvalue weighted by Crippen LogP contribution is -1.99. The summed E-state index contributed by atoms with van der Waals surface area (Å²) in [6, 6.07) is 8.14. The molecule has 0 radical (unpaired) electrons. The molecule has 0 fully saturated rings. The molecule has 1 aromatic carbocycles. The van der Waals surface area contributed by atoms with E-state index in [0.717, 1.165) is 27.1 Å². The zero-order valence-corrected chi connectivity index (χ0v) is 11.5. The number of alkyl halides is 1. The van der Waals surface area contributed by atoms with E-state index in [0.29, 0.717) is 5.88 Å². The van der Waals surface area contributed by atoms with E-state index in [1.807, 2.05) is 36.7 Å². The number of rotatable bonds is 2. The minimum absolute atomic E-state index is 0.512. The quantitative estimate of drug-likeness (QED) is 0.767. The Balaban J connectivity index is 2.49. The molecule has 0 unspecified atom stereocenters. The Hall–Kier alpha value is -0.800. The molecule has 4 heteroatoms. The van der Waals surface area contributed by atoms with Gasteiger partial charge in [0.1, 0.15) is 0 Å². The topological polar surface area (TPSA) is 17.8 Å². The molecule has 0 saturated heterocycles. The highest BCUT2D eigenvalue weighted by Crippen LogP contribution is 2.23. The molecule has 1 heterocycles. The summed E-state index contributed by atoms with van der Waals surface area (Å²) in [4.78, 5) is 0. The Morgan fingerprint density at radius 2 is 2.06 bits per heavy atom. The van der Waals surface area contributed by atoms with Crippen LogP contribution in [-0.2, 0) is 5.88 Å². The van der Waals surface area contributed by atoms with Crippen molar-refractivity contribution in [1.29, 1.82) is 0 Å². The number of halogens is 2. The standard InChI is InChI=1S/C12H12BrClN2/c1-8-5-9(2)16(15-8)11-4-3-10(7-14)12(13)6-11/h3-6H,7H2,1-2H3. The molecule has 0 amide bonds. The number of aromatic nitrogens is 2. The van der Waals surface area contributed by atoms with Crippen LogP contribution in [0.1, 0.15) is 17.0 Å².